The van der Waals surface area contributed by atoms with E-state index in [0.29, 0.717) is 0 Å². The summed E-state index contributed by atoms with van der Waals surface area (Å²) in [5.41, 5.74) is 1.82. The summed E-state index contributed by atoms with van der Waals surface area (Å²) in [6.45, 7) is 3.25. The summed E-state index contributed by atoms with van der Waals surface area (Å²) in [4.78, 5) is 28.8. The first kappa shape index (κ1) is 29.5. The zero-order chi connectivity index (χ0) is 27.9. The van der Waals surface area contributed by atoms with E-state index in [4.69, 9.17) is 23.2 Å². The van der Waals surface area contributed by atoms with Crippen molar-refractivity contribution in [1.82, 2.24) is 10.2 Å². The first-order valence-electron chi connectivity index (χ1n) is 12.1. The van der Waals surface area contributed by atoms with Crippen LogP contribution in [0.1, 0.15) is 25.0 Å². The summed E-state index contributed by atoms with van der Waals surface area (Å²) >= 11 is 12.3. The standard InChI is InChI=1S/C28H31Cl2N3O4S/c1-20(2)31-28(35)26(14-21-10-6-4-7-11-21)32(18-22-12-8-5-9-13-22)27(34)19-33(38(3,36)37)25-16-23(29)15-24(30)17-25/h4-13,15-17,20,26H,14,18-19H2,1-3H3,(H,31,35)/t26-/m1/s1. The second-order valence-electron chi connectivity index (χ2n) is 9.27. The summed E-state index contributed by atoms with van der Waals surface area (Å²) in [5, 5.41) is 3.37. The van der Waals surface area contributed by atoms with Crippen LogP contribution in [0.25, 0.3) is 0 Å². The average molecular weight is 577 g/mol. The topological polar surface area (TPSA) is 86.8 Å². The van der Waals surface area contributed by atoms with Crippen LogP contribution < -0.4 is 9.62 Å². The van der Waals surface area contributed by atoms with Crippen LogP contribution in [0.2, 0.25) is 10.0 Å². The molecule has 0 aliphatic rings. The smallest absolute Gasteiger partial charge is 0.244 e. The number of nitrogens with zero attached hydrogens (tertiary/aromatic N) is 2. The predicted molar refractivity (Wildman–Crippen MR) is 153 cm³/mol. The number of carbonyl (C=O) groups is 2. The molecule has 0 aliphatic carbocycles. The van der Waals surface area contributed by atoms with Crippen molar-refractivity contribution in [2.75, 3.05) is 17.1 Å². The van der Waals surface area contributed by atoms with Gasteiger partial charge in [-0.15, -0.1) is 0 Å². The third-order valence-electron chi connectivity index (χ3n) is 5.71. The number of hydrogen-bond donors (Lipinski definition) is 1. The van der Waals surface area contributed by atoms with Crippen molar-refractivity contribution in [2.45, 2.75) is 38.9 Å². The Labute approximate surface area is 234 Å². The first-order chi connectivity index (χ1) is 17.9. The number of nitrogens with one attached hydrogen (secondary N) is 1. The third kappa shape index (κ3) is 8.48. The van der Waals surface area contributed by atoms with E-state index in [1.54, 1.807) is 0 Å². The summed E-state index contributed by atoms with van der Waals surface area (Å²) in [5.74, 6) is -0.875. The number of rotatable bonds is 11. The lowest BCUT2D eigenvalue weighted by Crippen LogP contribution is -2.54. The molecular formula is C28H31Cl2N3O4S. The Hall–Kier alpha value is -3.07. The van der Waals surface area contributed by atoms with E-state index in [9.17, 15) is 18.0 Å². The Kier molecular flexibility index (Phi) is 10.2. The van der Waals surface area contributed by atoms with E-state index < -0.39 is 28.5 Å². The molecule has 0 fully saturated rings. The molecule has 2 amide bonds. The maximum atomic E-state index is 13.9. The van der Waals surface area contributed by atoms with Crippen LogP contribution in [0.3, 0.4) is 0 Å². The second kappa shape index (κ2) is 13.1. The largest absolute Gasteiger partial charge is 0.352 e. The average Bonchev–Trinajstić information content (AvgIpc) is 2.84. The van der Waals surface area contributed by atoms with E-state index >= 15 is 0 Å². The van der Waals surface area contributed by atoms with Gasteiger partial charge < -0.3 is 10.2 Å². The van der Waals surface area contributed by atoms with Crippen molar-refractivity contribution in [3.05, 3.63) is 100 Å². The molecule has 10 heteroatoms. The highest BCUT2D eigenvalue weighted by Crippen LogP contribution is 2.27. The number of amides is 2. The SMILES string of the molecule is CC(C)NC(=O)[C@@H](Cc1ccccc1)N(Cc1ccccc1)C(=O)CN(c1cc(Cl)cc(Cl)c1)S(C)(=O)=O. The minimum atomic E-state index is -3.91. The lowest BCUT2D eigenvalue weighted by Gasteiger charge is -2.34. The minimum absolute atomic E-state index is 0.108. The molecule has 0 spiro atoms. The molecular weight excluding hydrogens is 545 g/mol. The van der Waals surface area contributed by atoms with Crippen molar-refractivity contribution < 1.29 is 18.0 Å². The number of halogens is 2. The highest BCUT2D eigenvalue weighted by Gasteiger charge is 2.33. The van der Waals surface area contributed by atoms with Crippen LogP contribution in [0, 0.1) is 0 Å². The van der Waals surface area contributed by atoms with Gasteiger partial charge in [-0.1, -0.05) is 83.9 Å². The molecule has 38 heavy (non-hydrogen) atoms. The Morgan fingerprint density at radius 1 is 0.868 bits per heavy atom. The van der Waals surface area contributed by atoms with Gasteiger partial charge in [-0.25, -0.2) is 8.42 Å². The molecule has 3 rings (SSSR count). The van der Waals surface area contributed by atoms with Gasteiger partial charge in [0.1, 0.15) is 12.6 Å². The molecule has 0 aliphatic heterocycles. The fraction of sp³-hybridized carbons (Fsp3) is 0.286. The summed E-state index contributed by atoms with van der Waals surface area (Å²) in [6, 6.07) is 21.9. The second-order valence-corrected chi connectivity index (χ2v) is 12.1. The normalized spacial score (nSPS) is 12.2. The van der Waals surface area contributed by atoms with Crippen molar-refractivity contribution in [3.63, 3.8) is 0 Å². The molecule has 7 nitrogen and oxygen atoms in total. The molecule has 0 unspecified atom stereocenters. The van der Waals surface area contributed by atoms with Crippen LogP contribution in [-0.2, 0) is 32.6 Å². The monoisotopic (exact) mass is 575 g/mol. The third-order valence-corrected chi connectivity index (χ3v) is 7.29. The van der Waals surface area contributed by atoms with Crippen LogP contribution in [0.15, 0.2) is 78.9 Å². The van der Waals surface area contributed by atoms with E-state index in [-0.39, 0.29) is 40.6 Å². The van der Waals surface area contributed by atoms with Gasteiger partial charge in [-0.05, 0) is 43.2 Å². The van der Waals surface area contributed by atoms with Crippen LogP contribution in [0.4, 0.5) is 5.69 Å². The van der Waals surface area contributed by atoms with Gasteiger partial charge in [0.15, 0.2) is 0 Å². The lowest BCUT2D eigenvalue weighted by atomic mass is 10.0. The molecule has 0 bridgehead atoms. The van der Waals surface area contributed by atoms with E-state index in [1.165, 1.54) is 23.1 Å². The van der Waals surface area contributed by atoms with Gasteiger partial charge in [0.2, 0.25) is 21.8 Å². The number of carbonyl (C=O) groups excluding carboxylic acids is 2. The molecule has 0 heterocycles. The molecule has 3 aromatic rings. The van der Waals surface area contributed by atoms with Gasteiger partial charge in [-0.2, -0.15) is 0 Å². The highest BCUT2D eigenvalue weighted by molar-refractivity contribution is 7.92. The van der Waals surface area contributed by atoms with Gasteiger partial charge in [0.05, 0.1) is 11.9 Å². The minimum Gasteiger partial charge on any atom is -0.352 e. The Morgan fingerprint density at radius 3 is 1.89 bits per heavy atom. The zero-order valence-electron chi connectivity index (χ0n) is 21.5. The quantitative estimate of drug-likeness (QED) is 0.351. The van der Waals surface area contributed by atoms with Gasteiger partial charge in [0.25, 0.3) is 0 Å². The molecule has 1 atom stereocenters. The maximum absolute atomic E-state index is 13.9. The Morgan fingerprint density at radius 2 is 1.39 bits per heavy atom. The van der Waals surface area contributed by atoms with Gasteiger partial charge >= 0.3 is 0 Å². The summed E-state index contributed by atoms with van der Waals surface area (Å²) in [6.07, 6.45) is 1.25. The Balaban J connectivity index is 2.05. The van der Waals surface area contributed by atoms with Crippen molar-refractivity contribution in [2.24, 2.45) is 0 Å². The molecule has 1 N–H and O–H groups in total. The molecule has 0 aromatic heterocycles. The number of sulfonamides is 1. The predicted octanol–water partition coefficient (Wildman–Crippen LogP) is 4.92. The lowest BCUT2D eigenvalue weighted by molar-refractivity contribution is -0.140. The first-order valence-corrected chi connectivity index (χ1v) is 14.7. The number of benzene rings is 3. The van der Waals surface area contributed by atoms with Crippen molar-refractivity contribution in [1.29, 1.82) is 0 Å². The van der Waals surface area contributed by atoms with Crippen molar-refractivity contribution in [3.8, 4) is 0 Å². The zero-order valence-corrected chi connectivity index (χ0v) is 23.8. The molecule has 0 radical (unpaired) electrons. The Bertz CT molecular complexity index is 1330. The maximum Gasteiger partial charge on any atom is 0.244 e. The van der Waals surface area contributed by atoms with Crippen LogP contribution in [-0.4, -0.2) is 50.0 Å². The fourth-order valence-corrected chi connectivity index (χ4v) is 5.36. The highest BCUT2D eigenvalue weighted by atomic mass is 35.5. The van der Waals surface area contributed by atoms with Gasteiger partial charge in [0, 0.05) is 29.1 Å². The van der Waals surface area contributed by atoms with E-state index in [1.807, 2.05) is 74.5 Å². The summed E-state index contributed by atoms with van der Waals surface area (Å²) in [7, 11) is -3.91. The molecule has 202 valence electrons. The van der Waals surface area contributed by atoms with Gasteiger partial charge in [-0.3, -0.25) is 13.9 Å². The van der Waals surface area contributed by atoms with Crippen LogP contribution in [0.5, 0.6) is 0 Å². The number of anilines is 1. The number of hydrogen-bond acceptors (Lipinski definition) is 4. The molecule has 0 saturated heterocycles. The van der Waals surface area contributed by atoms with Crippen LogP contribution >= 0.6 is 23.2 Å². The molecule has 0 saturated carbocycles. The summed E-state index contributed by atoms with van der Waals surface area (Å²) < 4.78 is 26.6. The molecule has 3 aromatic carbocycles. The van der Waals surface area contributed by atoms with Crippen molar-refractivity contribution >= 4 is 50.7 Å². The van der Waals surface area contributed by atoms with E-state index in [2.05, 4.69) is 5.32 Å². The van der Waals surface area contributed by atoms with E-state index in [0.717, 1.165) is 21.7 Å². The fourth-order valence-electron chi connectivity index (χ4n) is 4.01.